The van der Waals surface area contributed by atoms with Gasteiger partial charge in [-0.1, -0.05) is 24.3 Å². The van der Waals surface area contributed by atoms with E-state index < -0.39 is 16.4 Å². The number of allylic oxidation sites excluding steroid dienone is 4. The number of hydrogen-bond donors (Lipinski definition) is 2. The van der Waals surface area contributed by atoms with E-state index in [1.807, 2.05) is 12.2 Å². The third-order valence-electron chi connectivity index (χ3n) is 6.07. The molecule has 0 bridgehead atoms. The number of nitro benzene ring substituents is 1. The van der Waals surface area contributed by atoms with Crippen LogP contribution in [0.2, 0.25) is 0 Å². The zero-order valence-electron chi connectivity index (χ0n) is 15.8. The predicted octanol–water partition coefficient (Wildman–Crippen LogP) is 2.19. The number of amides is 2. The molecule has 1 aromatic rings. The Morgan fingerprint density at radius 1 is 1.34 bits per heavy atom. The minimum atomic E-state index is -1.13. The van der Waals surface area contributed by atoms with E-state index in [0.717, 1.165) is 17.8 Å². The highest BCUT2D eigenvalue weighted by molar-refractivity contribution is 5.97. The van der Waals surface area contributed by atoms with Crippen LogP contribution in [-0.2, 0) is 16.0 Å². The summed E-state index contributed by atoms with van der Waals surface area (Å²) >= 11 is 0. The average Bonchev–Trinajstić information content (AvgIpc) is 3.05. The van der Waals surface area contributed by atoms with Gasteiger partial charge in [-0.15, -0.1) is 0 Å². The zero-order valence-corrected chi connectivity index (χ0v) is 15.8. The maximum Gasteiger partial charge on any atom is 0.269 e. The molecule has 3 N–H and O–H groups in total. The lowest BCUT2D eigenvalue weighted by Crippen LogP contribution is -2.61. The van der Waals surface area contributed by atoms with E-state index in [-0.39, 0.29) is 29.9 Å². The molecule has 2 aliphatic carbocycles. The first-order chi connectivity index (χ1) is 13.9. The van der Waals surface area contributed by atoms with Crippen molar-refractivity contribution in [1.82, 2.24) is 5.32 Å². The molecule has 150 valence electrons. The van der Waals surface area contributed by atoms with Crippen molar-refractivity contribution in [2.24, 2.45) is 22.6 Å². The second-order valence-corrected chi connectivity index (χ2v) is 7.87. The quantitative estimate of drug-likeness (QED) is 0.586. The molecule has 1 aliphatic heterocycles. The summed E-state index contributed by atoms with van der Waals surface area (Å²) in [6.07, 6.45) is 8.34. The highest BCUT2D eigenvalue weighted by Gasteiger charge is 2.49. The van der Waals surface area contributed by atoms with Crippen molar-refractivity contribution < 1.29 is 14.5 Å². The van der Waals surface area contributed by atoms with Crippen LogP contribution in [0.1, 0.15) is 31.2 Å². The molecule has 2 amide bonds. The van der Waals surface area contributed by atoms with E-state index >= 15 is 0 Å². The molecule has 1 heterocycles. The number of nitrogens with two attached hydrogens (primary N) is 1. The van der Waals surface area contributed by atoms with E-state index in [1.165, 1.54) is 18.2 Å². The topological polar surface area (TPSA) is 128 Å². The van der Waals surface area contributed by atoms with Crippen molar-refractivity contribution >= 4 is 23.2 Å². The number of benzene rings is 1. The van der Waals surface area contributed by atoms with Gasteiger partial charge in [0.2, 0.25) is 11.8 Å². The molecule has 0 aromatic heterocycles. The first-order valence-electron chi connectivity index (χ1n) is 9.66. The summed E-state index contributed by atoms with van der Waals surface area (Å²) in [7, 11) is 0. The molecule has 3 unspecified atom stereocenters. The summed E-state index contributed by atoms with van der Waals surface area (Å²) in [6, 6.07) is 5.93. The Morgan fingerprint density at radius 3 is 2.93 bits per heavy atom. The first kappa shape index (κ1) is 19.0. The summed E-state index contributed by atoms with van der Waals surface area (Å²) in [6.45, 7) is 0. The second-order valence-electron chi connectivity index (χ2n) is 7.87. The molecular weight excluding hydrogens is 372 g/mol. The summed E-state index contributed by atoms with van der Waals surface area (Å²) in [4.78, 5) is 40.3. The van der Waals surface area contributed by atoms with Gasteiger partial charge in [0.25, 0.3) is 5.69 Å². The molecule has 29 heavy (non-hydrogen) atoms. The standard InChI is InChI=1S/C21H22N4O4/c22-20(27)21(24-19(26)11-13-4-3-5-14(10-13)25(28)29)9-8-18-16(12-21)15-6-1-2-7-17(15)23-18/h1-5,7,10,15-16H,6,8-9,11-12H2,(H2,22,27)(H,24,26). The lowest BCUT2D eigenvalue weighted by molar-refractivity contribution is -0.384. The van der Waals surface area contributed by atoms with Gasteiger partial charge in [-0.3, -0.25) is 24.7 Å². The average molecular weight is 394 g/mol. The van der Waals surface area contributed by atoms with Gasteiger partial charge in [0.05, 0.1) is 11.3 Å². The van der Waals surface area contributed by atoms with E-state index in [2.05, 4.69) is 11.4 Å². The molecular formula is C21H22N4O4. The van der Waals surface area contributed by atoms with Crippen LogP contribution in [0.3, 0.4) is 0 Å². The number of nitrogens with zero attached hydrogens (tertiary/aromatic N) is 2. The lowest BCUT2D eigenvalue weighted by Gasteiger charge is -2.40. The molecule has 1 saturated carbocycles. The molecule has 0 radical (unpaired) electrons. The van der Waals surface area contributed by atoms with Gasteiger partial charge < -0.3 is 11.1 Å². The number of aliphatic imine (C=N–C) groups is 1. The number of non-ortho nitro benzene ring substituents is 1. The van der Waals surface area contributed by atoms with Crippen molar-refractivity contribution in [1.29, 1.82) is 0 Å². The number of rotatable bonds is 5. The largest absolute Gasteiger partial charge is 0.368 e. The maximum absolute atomic E-state index is 12.7. The molecule has 1 aromatic carbocycles. The van der Waals surface area contributed by atoms with Gasteiger partial charge >= 0.3 is 0 Å². The number of fused-ring (bicyclic) bond motifs is 3. The Kier molecular flexibility index (Phi) is 4.77. The van der Waals surface area contributed by atoms with Gasteiger partial charge in [-0.2, -0.15) is 0 Å². The van der Waals surface area contributed by atoms with Gasteiger partial charge in [0.1, 0.15) is 5.54 Å². The fraction of sp³-hybridized carbons (Fsp3) is 0.381. The molecule has 0 saturated heterocycles. The molecule has 3 atom stereocenters. The number of primary amides is 1. The second kappa shape index (κ2) is 7.27. The van der Waals surface area contributed by atoms with Crippen molar-refractivity contribution in [3.8, 4) is 0 Å². The van der Waals surface area contributed by atoms with Crippen molar-refractivity contribution in [2.45, 2.75) is 37.6 Å². The minimum Gasteiger partial charge on any atom is -0.368 e. The summed E-state index contributed by atoms with van der Waals surface area (Å²) in [5.41, 5.74) is 7.17. The summed E-state index contributed by atoms with van der Waals surface area (Å²) in [5.74, 6) is -0.608. The summed E-state index contributed by atoms with van der Waals surface area (Å²) in [5, 5.41) is 13.8. The van der Waals surface area contributed by atoms with E-state index in [1.54, 1.807) is 6.07 Å². The third-order valence-corrected chi connectivity index (χ3v) is 6.07. The van der Waals surface area contributed by atoms with Crippen LogP contribution >= 0.6 is 0 Å². The Labute approximate surface area is 167 Å². The van der Waals surface area contributed by atoms with Gasteiger partial charge in [-0.05, 0) is 37.3 Å². The highest BCUT2D eigenvalue weighted by Crippen LogP contribution is 2.45. The predicted molar refractivity (Wildman–Crippen MR) is 107 cm³/mol. The molecule has 1 fully saturated rings. The molecule has 8 nitrogen and oxygen atoms in total. The van der Waals surface area contributed by atoms with Crippen LogP contribution in [-0.4, -0.2) is 28.0 Å². The number of carbonyl (C=O) groups excluding carboxylic acids is 2. The Bertz CT molecular complexity index is 981. The van der Waals surface area contributed by atoms with Crippen LogP contribution in [0.5, 0.6) is 0 Å². The van der Waals surface area contributed by atoms with E-state index in [4.69, 9.17) is 10.7 Å². The maximum atomic E-state index is 12.7. The van der Waals surface area contributed by atoms with Crippen LogP contribution in [0, 0.1) is 22.0 Å². The molecule has 0 spiro atoms. The van der Waals surface area contributed by atoms with Gasteiger partial charge in [-0.25, -0.2) is 0 Å². The van der Waals surface area contributed by atoms with Crippen molar-refractivity contribution in [2.75, 3.05) is 0 Å². The smallest absolute Gasteiger partial charge is 0.269 e. The normalized spacial score (nSPS) is 27.3. The third kappa shape index (κ3) is 3.57. The van der Waals surface area contributed by atoms with Crippen LogP contribution in [0.15, 0.2) is 53.2 Å². The van der Waals surface area contributed by atoms with Gasteiger partial charge in [0, 0.05) is 35.4 Å². The fourth-order valence-corrected chi connectivity index (χ4v) is 4.60. The van der Waals surface area contributed by atoms with Crippen molar-refractivity contribution in [3.63, 3.8) is 0 Å². The Balaban J connectivity index is 1.50. The fourth-order valence-electron chi connectivity index (χ4n) is 4.60. The van der Waals surface area contributed by atoms with Gasteiger partial charge in [0.15, 0.2) is 0 Å². The molecule has 4 rings (SSSR count). The first-order valence-corrected chi connectivity index (χ1v) is 9.66. The molecule has 8 heteroatoms. The number of hydrogen-bond acceptors (Lipinski definition) is 5. The van der Waals surface area contributed by atoms with E-state index in [9.17, 15) is 19.7 Å². The summed E-state index contributed by atoms with van der Waals surface area (Å²) < 4.78 is 0. The zero-order chi connectivity index (χ0) is 20.6. The van der Waals surface area contributed by atoms with Crippen LogP contribution in [0.25, 0.3) is 0 Å². The number of nitro groups is 1. The van der Waals surface area contributed by atoms with Crippen LogP contribution < -0.4 is 11.1 Å². The van der Waals surface area contributed by atoms with Crippen LogP contribution in [0.4, 0.5) is 5.69 Å². The SMILES string of the molecule is NC(=O)C1(NC(=O)Cc2cccc([N+](=O)[O-])c2)CCC2=NC3=CC=CCC3C2C1. The minimum absolute atomic E-state index is 0.0559. The lowest BCUT2D eigenvalue weighted by atomic mass is 9.69. The monoisotopic (exact) mass is 394 g/mol. The number of nitrogens with one attached hydrogen (secondary N) is 1. The number of carbonyl (C=O) groups is 2. The Morgan fingerprint density at radius 2 is 2.17 bits per heavy atom. The molecule has 3 aliphatic rings. The van der Waals surface area contributed by atoms with Crippen molar-refractivity contribution in [3.05, 3.63) is 63.9 Å². The highest BCUT2D eigenvalue weighted by atomic mass is 16.6. The Hall–Kier alpha value is -3.29. The van der Waals surface area contributed by atoms with E-state index in [0.29, 0.717) is 24.8 Å².